The van der Waals surface area contributed by atoms with Gasteiger partial charge in [0.1, 0.15) is 0 Å². The van der Waals surface area contributed by atoms with Gasteiger partial charge in [-0.2, -0.15) is 0 Å². The summed E-state index contributed by atoms with van der Waals surface area (Å²) in [5.74, 6) is -0.0393. The van der Waals surface area contributed by atoms with E-state index < -0.39 is 12.1 Å². The highest BCUT2D eigenvalue weighted by Gasteiger charge is 2.20. The SMILES string of the molecule is CCCCCCCCCCCCCCCCCCCCCCCC(O)C(CO)NC(=O)CCCCCCCCCCCCCCCCOC(=O)CCCCCCCCCCCCCCCC. The molecule has 0 saturated heterocycles. The van der Waals surface area contributed by atoms with Crippen LogP contribution in [0.15, 0.2) is 0 Å². The van der Waals surface area contributed by atoms with Crippen LogP contribution >= 0.6 is 0 Å². The Morgan fingerprint density at radius 3 is 0.924 bits per heavy atom. The van der Waals surface area contributed by atoms with Crippen LogP contribution in [-0.2, 0) is 14.3 Å². The van der Waals surface area contributed by atoms with Crippen molar-refractivity contribution in [2.75, 3.05) is 13.2 Å². The Balaban J connectivity index is 3.42. The Labute approximate surface area is 413 Å². The van der Waals surface area contributed by atoms with Gasteiger partial charge in [0.25, 0.3) is 0 Å². The van der Waals surface area contributed by atoms with E-state index in [1.807, 2.05) is 0 Å². The molecule has 0 saturated carbocycles. The maximum absolute atomic E-state index is 12.5. The smallest absolute Gasteiger partial charge is 0.305 e. The van der Waals surface area contributed by atoms with E-state index in [9.17, 15) is 19.8 Å². The second-order valence-corrected chi connectivity index (χ2v) is 21.1. The second kappa shape index (κ2) is 56.4. The molecule has 0 aromatic heterocycles. The molecule has 0 radical (unpaired) electrons. The van der Waals surface area contributed by atoms with Crippen LogP contribution in [0.5, 0.6) is 0 Å². The third-order valence-corrected chi connectivity index (χ3v) is 14.4. The molecule has 2 unspecified atom stereocenters. The van der Waals surface area contributed by atoms with Crippen LogP contribution in [0.25, 0.3) is 0 Å². The summed E-state index contributed by atoms with van der Waals surface area (Å²) in [7, 11) is 0. The van der Waals surface area contributed by atoms with Gasteiger partial charge in [0.15, 0.2) is 0 Å². The van der Waals surface area contributed by atoms with E-state index in [-0.39, 0.29) is 18.5 Å². The lowest BCUT2D eigenvalue weighted by molar-refractivity contribution is -0.143. The van der Waals surface area contributed by atoms with E-state index in [2.05, 4.69) is 19.2 Å². The first-order chi connectivity index (χ1) is 32.5. The van der Waals surface area contributed by atoms with E-state index in [4.69, 9.17) is 4.74 Å². The van der Waals surface area contributed by atoms with Crippen LogP contribution in [-0.4, -0.2) is 47.4 Å². The summed E-state index contributed by atoms with van der Waals surface area (Å²) < 4.78 is 5.48. The average molecular weight is 935 g/mol. The molecule has 2 atom stereocenters. The molecule has 0 bridgehead atoms. The molecule has 0 aromatic rings. The average Bonchev–Trinajstić information content (AvgIpc) is 3.32. The molecule has 0 aromatic carbocycles. The molecule has 0 spiro atoms. The van der Waals surface area contributed by atoms with Gasteiger partial charge in [-0.05, 0) is 25.7 Å². The van der Waals surface area contributed by atoms with Crippen molar-refractivity contribution in [1.29, 1.82) is 0 Å². The molecular formula is C60H119NO5. The zero-order valence-electron chi connectivity index (χ0n) is 45.0. The molecule has 1 amide bonds. The summed E-state index contributed by atoms with van der Waals surface area (Å²) in [5.41, 5.74) is 0. The van der Waals surface area contributed by atoms with Gasteiger partial charge in [-0.3, -0.25) is 9.59 Å². The number of aliphatic hydroxyl groups excluding tert-OH is 2. The van der Waals surface area contributed by atoms with Crippen molar-refractivity contribution in [2.45, 2.75) is 360 Å². The van der Waals surface area contributed by atoms with Gasteiger partial charge in [-0.15, -0.1) is 0 Å². The number of ether oxygens (including phenoxy) is 1. The largest absolute Gasteiger partial charge is 0.466 e. The number of esters is 1. The molecule has 0 aliphatic carbocycles. The minimum absolute atomic E-state index is 0.00154. The first-order valence-electron chi connectivity index (χ1n) is 30.3. The summed E-state index contributed by atoms with van der Waals surface area (Å²) in [6, 6.07) is -0.549. The molecule has 394 valence electrons. The Bertz CT molecular complexity index is 944. The summed E-state index contributed by atoms with van der Waals surface area (Å²) in [6.45, 7) is 4.97. The Kier molecular flexibility index (Phi) is 55.5. The number of carbonyl (C=O) groups excluding carboxylic acids is 2. The van der Waals surface area contributed by atoms with Crippen molar-refractivity contribution < 1.29 is 24.5 Å². The first-order valence-corrected chi connectivity index (χ1v) is 30.3. The molecule has 0 heterocycles. The highest BCUT2D eigenvalue weighted by atomic mass is 16.5. The lowest BCUT2D eigenvalue weighted by atomic mass is 10.0. The Hall–Kier alpha value is -1.14. The van der Waals surface area contributed by atoms with E-state index in [1.165, 1.54) is 263 Å². The van der Waals surface area contributed by atoms with Crippen molar-refractivity contribution >= 4 is 11.9 Å². The third-order valence-electron chi connectivity index (χ3n) is 14.4. The van der Waals surface area contributed by atoms with Gasteiger partial charge in [0.05, 0.1) is 25.4 Å². The zero-order chi connectivity index (χ0) is 47.9. The minimum Gasteiger partial charge on any atom is -0.466 e. The van der Waals surface area contributed by atoms with Crippen LogP contribution < -0.4 is 5.32 Å². The lowest BCUT2D eigenvalue weighted by Gasteiger charge is -2.22. The third kappa shape index (κ3) is 52.2. The Morgan fingerprint density at radius 1 is 0.364 bits per heavy atom. The molecular weight excluding hydrogens is 815 g/mol. The lowest BCUT2D eigenvalue weighted by Crippen LogP contribution is -2.45. The topological polar surface area (TPSA) is 95.9 Å². The molecule has 0 aliphatic rings. The highest BCUT2D eigenvalue weighted by molar-refractivity contribution is 5.76. The van der Waals surface area contributed by atoms with Crippen molar-refractivity contribution in [3.05, 3.63) is 0 Å². The quantitative estimate of drug-likeness (QED) is 0.0417. The summed E-state index contributed by atoms with van der Waals surface area (Å²) in [6.07, 6.45) is 65.2. The van der Waals surface area contributed by atoms with Crippen LogP contribution in [0.4, 0.5) is 0 Å². The van der Waals surface area contributed by atoms with Crippen LogP contribution in [0.1, 0.15) is 348 Å². The maximum Gasteiger partial charge on any atom is 0.305 e. The molecule has 66 heavy (non-hydrogen) atoms. The molecule has 6 heteroatoms. The Morgan fingerprint density at radius 2 is 0.621 bits per heavy atom. The predicted octanol–water partition coefficient (Wildman–Crippen LogP) is 18.7. The highest BCUT2D eigenvalue weighted by Crippen LogP contribution is 2.18. The number of hydrogen-bond donors (Lipinski definition) is 3. The summed E-state index contributed by atoms with van der Waals surface area (Å²) >= 11 is 0. The predicted molar refractivity (Wildman–Crippen MR) is 287 cm³/mol. The monoisotopic (exact) mass is 934 g/mol. The van der Waals surface area contributed by atoms with E-state index in [0.29, 0.717) is 25.9 Å². The number of nitrogens with one attached hydrogen (secondary N) is 1. The number of hydrogen-bond acceptors (Lipinski definition) is 5. The fourth-order valence-corrected chi connectivity index (χ4v) is 9.76. The number of rotatable bonds is 57. The molecule has 3 N–H and O–H groups in total. The zero-order valence-corrected chi connectivity index (χ0v) is 45.0. The number of carbonyl (C=O) groups is 2. The number of amides is 1. The van der Waals surface area contributed by atoms with Gasteiger partial charge in [-0.25, -0.2) is 0 Å². The van der Waals surface area contributed by atoms with Gasteiger partial charge in [0, 0.05) is 12.8 Å². The van der Waals surface area contributed by atoms with Gasteiger partial charge in [0.2, 0.25) is 5.91 Å². The van der Waals surface area contributed by atoms with Crippen molar-refractivity contribution in [2.24, 2.45) is 0 Å². The normalized spacial score (nSPS) is 12.5. The van der Waals surface area contributed by atoms with E-state index in [1.54, 1.807) is 0 Å². The number of unbranched alkanes of at least 4 members (excludes halogenated alkanes) is 46. The van der Waals surface area contributed by atoms with Crippen LogP contribution in [0.2, 0.25) is 0 Å². The van der Waals surface area contributed by atoms with Gasteiger partial charge < -0.3 is 20.3 Å². The molecule has 0 rings (SSSR count). The van der Waals surface area contributed by atoms with Crippen LogP contribution in [0, 0.1) is 0 Å². The van der Waals surface area contributed by atoms with Gasteiger partial charge in [-0.1, -0.05) is 309 Å². The van der Waals surface area contributed by atoms with Crippen molar-refractivity contribution in [3.8, 4) is 0 Å². The summed E-state index contributed by atoms with van der Waals surface area (Å²) in [4.78, 5) is 24.6. The van der Waals surface area contributed by atoms with E-state index in [0.717, 1.165) is 51.4 Å². The first kappa shape index (κ1) is 64.9. The van der Waals surface area contributed by atoms with Crippen molar-refractivity contribution in [3.63, 3.8) is 0 Å². The maximum atomic E-state index is 12.5. The second-order valence-electron chi connectivity index (χ2n) is 21.1. The molecule has 6 nitrogen and oxygen atoms in total. The van der Waals surface area contributed by atoms with Crippen molar-refractivity contribution in [1.82, 2.24) is 5.32 Å². The van der Waals surface area contributed by atoms with E-state index >= 15 is 0 Å². The minimum atomic E-state index is -0.671. The van der Waals surface area contributed by atoms with Crippen LogP contribution in [0.3, 0.4) is 0 Å². The van der Waals surface area contributed by atoms with Gasteiger partial charge >= 0.3 is 5.97 Å². The fourth-order valence-electron chi connectivity index (χ4n) is 9.76. The molecule has 0 fully saturated rings. The standard InChI is InChI=1S/C60H119NO5/c1-3-5-7-9-11-13-15-17-19-20-21-22-23-24-25-28-32-36-40-44-48-52-58(63)57(56-62)61-59(64)53-49-45-41-37-33-29-26-27-31-35-39-43-47-51-55-66-60(65)54-50-46-42-38-34-30-18-16-14-12-10-8-6-4-2/h57-58,62-63H,3-56H2,1-2H3,(H,61,64). The molecule has 0 aliphatic heterocycles. The summed E-state index contributed by atoms with van der Waals surface area (Å²) in [5, 5.41) is 23.4. The fraction of sp³-hybridized carbons (Fsp3) is 0.967. The number of aliphatic hydroxyl groups is 2.